The number of nitrogens with one attached hydrogen (secondary N) is 1. The Morgan fingerprint density at radius 2 is 1.50 bits per heavy atom. The second kappa shape index (κ2) is 13.7. The summed E-state index contributed by atoms with van der Waals surface area (Å²) in [5.41, 5.74) is 2.18. The summed E-state index contributed by atoms with van der Waals surface area (Å²) in [6, 6.07) is 21.2. The van der Waals surface area contributed by atoms with Gasteiger partial charge < -0.3 is 14.2 Å². The van der Waals surface area contributed by atoms with Crippen LogP contribution in [0.4, 0.5) is 10.5 Å². The average molecular weight is 717 g/mol. The number of carbonyl (C=O) groups excluding carboxylic acids is 3. The zero-order chi connectivity index (χ0) is 31.4. The van der Waals surface area contributed by atoms with Gasteiger partial charge in [0, 0.05) is 5.02 Å². The molecule has 1 aliphatic heterocycles. The van der Waals surface area contributed by atoms with Crippen molar-refractivity contribution in [3.05, 3.63) is 121 Å². The number of amides is 4. The van der Waals surface area contributed by atoms with Gasteiger partial charge in [-0.25, -0.2) is 9.69 Å². The Morgan fingerprint density at radius 3 is 2.18 bits per heavy atom. The van der Waals surface area contributed by atoms with E-state index in [2.05, 4.69) is 21.2 Å². The smallest absolute Gasteiger partial charge is 0.335 e. The van der Waals surface area contributed by atoms with E-state index in [-0.39, 0.29) is 17.9 Å². The van der Waals surface area contributed by atoms with Gasteiger partial charge in [-0.15, -0.1) is 0 Å². The number of methoxy groups -OCH3 is 1. The number of hydrogen-bond donors (Lipinski definition) is 1. The molecule has 8 nitrogen and oxygen atoms in total. The lowest BCUT2D eigenvalue weighted by molar-refractivity contribution is -0.122. The molecule has 1 saturated heterocycles. The molecule has 0 spiro atoms. The molecule has 1 heterocycles. The molecule has 1 aliphatic rings. The van der Waals surface area contributed by atoms with Crippen molar-refractivity contribution in [1.82, 2.24) is 5.32 Å². The molecule has 5 rings (SSSR count). The van der Waals surface area contributed by atoms with Crippen LogP contribution in [0, 0.1) is 0 Å². The van der Waals surface area contributed by atoms with Crippen molar-refractivity contribution in [2.75, 3.05) is 12.0 Å². The Morgan fingerprint density at radius 1 is 0.818 bits per heavy atom. The highest BCUT2D eigenvalue weighted by Gasteiger charge is 2.37. The van der Waals surface area contributed by atoms with E-state index in [0.717, 1.165) is 16.0 Å². The van der Waals surface area contributed by atoms with Crippen molar-refractivity contribution < 1.29 is 28.6 Å². The summed E-state index contributed by atoms with van der Waals surface area (Å²) < 4.78 is 17.8. The Balaban J connectivity index is 1.33. The summed E-state index contributed by atoms with van der Waals surface area (Å²) in [7, 11) is 1.46. The van der Waals surface area contributed by atoms with Crippen LogP contribution in [0.2, 0.25) is 15.1 Å². The van der Waals surface area contributed by atoms with Crippen molar-refractivity contribution in [2.24, 2.45) is 0 Å². The summed E-state index contributed by atoms with van der Waals surface area (Å²) in [5.74, 6) is -0.343. The van der Waals surface area contributed by atoms with Crippen LogP contribution in [0.15, 0.2) is 88.9 Å². The van der Waals surface area contributed by atoms with Gasteiger partial charge in [-0.05, 0) is 99.4 Å². The Hall–Kier alpha value is -4.02. The number of anilines is 1. The van der Waals surface area contributed by atoms with Crippen molar-refractivity contribution in [3.63, 3.8) is 0 Å². The van der Waals surface area contributed by atoms with Crippen molar-refractivity contribution in [3.8, 4) is 17.2 Å². The average Bonchev–Trinajstić information content (AvgIpc) is 3.00. The van der Waals surface area contributed by atoms with E-state index in [0.29, 0.717) is 49.0 Å². The van der Waals surface area contributed by atoms with Crippen molar-refractivity contribution in [2.45, 2.75) is 13.2 Å². The first kappa shape index (κ1) is 31.4. The fourth-order valence-corrected chi connectivity index (χ4v) is 5.27. The highest BCUT2D eigenvalue weighted by atomic mass is 79.9. The number of urea groups is 1. The molecule has 0 aliphatic carbocycles. The number of benzene rings is 4. The van der Waals surface area contributed by atoms with E-state index >= 15 is 0 Å². The molecule has 1 fully saturated rings. The zero-order valence-corrected chi connectivity index (χ0v) is 26.8. The first-order valence-corrected chi connectivity index (χ1v) is 14.9. The molecule has 0 unspecified atom stereocenters. The fraction of sp³-hybridized carbons (Fsp3) is 0.0938. The zero-order valence-electron chi connectivity index (χ0n) is 22.9. The Bertz CT molecular complexity index is 1780. The van der Waals surface area contributed by atoms with Crippen LogP contribution in [0.3, 0.4) is 0 Å². The predicted octanol–water partition coefficient (Wildman–Crippen LogP) is 8.24. The largest absolute Gasteiger partial charge is 0.493 e. The number of carbonyl (C=O) groups is 3. The summed E-state index contributed by atoms with van der Waals surface area (Å²) in [6.07, 6.45) is 1.37. The van der Waals surface area contributed by atoms with E-state index in [1.54, 1.807) is 66.7 Å². The minimum absolute atomic E-state index is 0.176. The fourth-order valence-electron chi connectivity index (χ4n) is 4.25. The molecule has 0 saturated carbocycles. The minimum Gasteiger partial charge on any atom is -0.493 e. The Kier molecular flexibility index (Phi) is 9.80. The van der Waals surface area contributed by atoms with E-state index in [4.69, 9.17) is 49.0 Å². The van der Waals surface area contributed by atoms with Crippen LogP contribution in [-0.4, -0.2) is 25.0 Å². The van der Waals surface area contributed by atoms with Crippen LogP contribution in [-0.2, 0) is 22.8 Å². The summed E-state index contributed by atoms with van der Waals surface area (Å²) in [4.78, 5) is 39.8. The van der Waals surface area contributed by atoms with E-state index in [1.165, 1.54) is 13.2 Å². The predicted molar refractivity (Wildman–Crippen MR) is 173 cm³/mol. The van der Waals surface area contributed by atoms with Gasteiger partial charge in [0.2, 0.25) is 0 Å². The Labute approximate surface area is 276 Å². The molecule has 0 radical (unpaired) electrons. The highest BCUT2D eigenvalue weighted by Crippen LogP contribution is 2.38. The molecular formula is C32H22BrCl3N2O6. The second-order valence-electron chi connectivity index (χ2n) is 9.44. The van der Waals surface area contributed by atoms with Gasteiger partial charge in [0.1, 0.15) is 24.5 Å². The summed E-state index contributed by atoms with van der Waals surface area (Å²) >= 11 is 21.5. The maximum absolute atomic E-state index is 13.4. The number of ether oxygens (including phenoxy) is 3. The van der Waals surface area contributed by atoms with Gasteiger partial charge in [-0.3, -0.25) is 14.9 Å². The van der Waals surface area contributed by atoms with Gasteiger partial charge in [0.05, 0.1) is 27.3 Å². The maximum atomic E-state index is 13.4. The third-order valence-corrected chi connectivity index (χ3v) is 8.03. The molecular weight excluding hydrogens is 695 g/mol. The summed E-state index contributed by atoms with van der Waals surface area (Å²) in [5, 5.41) is 3.69. The van der Waals surface area contributed by atoms with Crippen molar-refractivity contribution >= 4 is 80.3 Å². The third-order valence-electron chi connectivity index (χ3n) is 6.45. The standard InChI is InChI=1S/C32H22BrCl3N2O6/c1-42-28-15-20(13-25(33)29(28)44-17-19-4-11-26(35)27(36)14-19)12-24-30(39)37-32(41)38(31(24)40)22-7-9-23(10-8-22)43-16-18-2-5-21(34)6-3-18/h2-15H,16-17H2,1H3,(H,37,39,41)/b24-12+. The molecule has 0 aromatic heterocycles. The molecule has 4 aromatic carbocycles. The topological polar surface area (TPSA) is 94.2 Å². The normalized spacial score (nSPS) is 14.1. The van der Waals surface area contributed by atoms with E-state index in [9.17, 15) is 14.4 Å². The van der Waals surface area contributed by atoms with Gasteiger partial charge in [-0.2, -0.15) is 0 Å². The van der Waals surface area contributed by atoms with Crippen molar-refractivity contribution in [1.29, 1.82) is 0 Å². The van der Waals surface area contributed by atoms with Crippen LogP contribution in [0.25, 0.3) is 6.08 Å². The first-order valence-electron chi connectivity index (χ1n) is 13.0. The monoisotopic (exact) mass is 714 g/mol. The van der Waals surface area contributed by atoms with Crippen LogP contribution < -0.4 is 24.4 Å². The van der Waals surface area contributed by atoms with Gasteiger partial charge >= 0.3 is 6.03 Å². The lowest BCUT2D eigenvalue weighted by atomic mass is 10.1. The third kappa shape index (κ3) is 7.19. The lowest BCUT2D eigenvalue weighted by Gasteiger charge is -2.26. The molecule has 0 bridgehead atoms. The second-order valence-corrected chi connectivity index (χ2v) is 11.5. The van der Waals surface area contributed by atoms with E-state index < -0.39 is 17.8 Å². The quantitative estimate of drug-likeness (QED) is 0.139. The number of imide groups is 2. The molecule has 12 heteroatoms. The van der Waals surface area contributed by atoms with Crippen LogP contribution >= 0.6 is 50.7 Å². The number of hydrogen-bond acceptors (Lipinski definition) is 6. The van der Waals surface area contributed by atoms with Gasteiger partial charge in [-0.1, -0.05) is 53.0 Å². The molecule has 44 heavy (non-hydrogen) atoms. The molecule has 0 atom stereocenters. The minimum atomic E-state index is -0.864. The number of halogens is 4. The number of nitrogens with zero attached hydrogens (tertiary/aromatic N) is 1. The first-order chi connectivity index (χ1) is 21.1. The van der Waals surface area contributed by atoms with Crippen LogP contribution in [0.1, 0.15) is 16.7 Å². The molecule has 4 amide bonds. The number of rotatable bonds is 9. The lowest BCUT2D eigenvalue weighted by Crippen LogP contribution is -2.54. The van der Waals surface area contributed by atoms with E-state index in [1.807, 2.05) is 12.1 Å². The SMILES string of the molecule is COc1cc(/C=C2\C(=O)NC(=O)N(c3ccc(OCc4ccc(Cl)cc4)cc3)C2=O)cc(Br)c1OCc1ccc(Cl)c(Cl)c1. The molecule has 1 N–H and O–H groups in total. The van der Waals surface area contributed by atoms with Crippen LogP contribution in [0.5, 0.6) is 17.2 Å². The highest BCUT2D eigenvalue weighted by molar-refractivity contribution is 9.10. The van der Waals surface area contributed by atoms with Gasteiger partial charge in [0.15, 0.2) is 11.5 Å². The molecule has 224 valence electrons. The maximum Gasteiger partial charge on any atom is 0.335 e. The number of barbiturate groups is 1. The summed E-state index contributed by atoms with van der Waals surface area (Å²) in [6.45, 7) is 0.481. The molecule has 4 aromatic rings. The van der Waals surface area contributed by atoms with Gasteiger partial charge in [0.25, 0.3) is 11.8 Å².